The molecule has 3 rings (SSSR count). The molecule has 0 aromatic carbocycles. The Morgan fingerprint density at radius 1 is 1.36 bits per heavy atom. The van der Waals surface area contributed by atoms with Crippen molar-refractivity contribution >= 4 is 5.91 Å². The second-order valence-electron chi connectivity index (χ2n) is 6.43. The number of aromatic nitrogens is 2. The number of amides is 1. The fraction of sp³-hybridized carbons (Fsp3) is 0.421. The predicted molar refractivity (Wildman–Crippen MR) is 93.0 cm³/mol. The maximum absolute atomic E-state index is 12.4. The van der Waals surface area contributed by atoms with E-state index in [1.165, 1.54) is 0 Å². The molecule has 1 fully saturated rings. The molecular weight excluding hydrogens is 318 g/mol. The minimum atomic E-state index is -0.272. The number of methoxy groups -OCH3 is 1. The summed E-state index contributed by atoms with van der Waals surface area (Å²) in [7, 11) is 1.57. The lowest BCUT2D eigenvalue weighted by Gasteiger charge is -2.38. The van der Waals surface area contributed by atoms with E-state index < -0.39 is 0 Å². The molecule has 1 amide bonds. The van der Waals surface area contributed by atoms with Gasteiger partial charge >= 0.3 is 0 Å². The zero-order chi connectivity index (χ0) is 17.6. The standard InChI is InChI=1S/C19H23N3O3/c1-25-18-7-5-14(12-21-18)19(15-9-16(23)10-15)22-17(24)6-4-13-3-2-8-20-11-13/h2-3,5,7-8,11-12,15-16,19,23H,4,6,9-10H2,1H3,(H,22,24)/t15?,16?,19-/m0/s1. The van der Waals surface area contributed by atoms with Crippen LogP contribution in [0, 0.1) is 5.92 Å². The van der Waals surface area contributed by atoms with Crippen molar-refractivity contribution in [2.75, 3.05) is 7.11 Å². The number of ether oxygens (including phenoxy) is 1. The molecule has 6 nitrogen and oxygen atoms in total. The highest BCUT2D eigenvalue weighted by molar-refractivity contribution is 5.76. The molecular formula is C19H23N3O3. The number of aliphatic hydroxyl groups is 1. The van der Waals surface area contributed by atoms with Crippen LogP contribution in [-0.2, 0) is 11.2 Å². The lowest BCUT2D eigenvalue weighted by molar-refractivity contribution is -0.123. The van der Waals surface area contributed by atoms with E-state index in [9.17, 15) is 9.90 Å². The Labute approximate surface area is 147 Å². The van der Waals surface area contributed by atoms with Gasteiger partial charge in [-0.25, -0.2) is 4.98 Å². The van der Waals surface area contributed by atoms with Gasteiger partial charge in [0.05, 0.1) is 19.3 Å². The van der Waals surface area contributed by atoms with Gasteiger partial charge in [0.1, 0.15) is 0 Å². The first-order chi connectivity index (χ1) is 12.2. The summed E-state index contributed by atoms with van der Waals surface area (Å²) < 4.78 is 5.09. The fourth-order valence-electron chi connectivity index (χ4n) is 3.12. The molecule has 0 spiro atoms. The molecule has 132 valence electrons. The minimum Gasteiger partial charge on any atom is -0.481 e. The largest absolute Gasteiger partial charge is 0.481 e. The highest BCUT2D eigenvalue weighted by atomic mass is 16.5. The average molecular weight is 341 g/mol. The van der Waals surface area contributed by atoms with Gasteiger partial charge in [-0.15, -0.1) is 0 Å². The quantitative estimate of drug-likeness (QED) is 0.805. The molecule has 0 radical (unpaired) electrons. The molecule has 2 aromatic rings. The topological polar surface area (TPSA) is 84.3 Å². The summed E-state index contributed by atoms with van der Waals surface area (Å²) in [5, 5.41) is 12.7. The summed E-state index contributed by atoms with van der Waals surface area (Å²) >= 11 is 0. The Balaban J connectivity index is 1.63. The second-order valence-corrected chi connectivity index (χ2v) is 6.43. The molecule has 1 aliphatic rings. The normalized spacial score (nSPS) is 20.4. The first kappa shape index (κ1) is 17.4. The van der Waals surface area contributed by atoms with Gasteiger partial charge in [0.15, 0.2) is 0 Å². The van der Waals surface area contributed by atoms with E-state index in [1.807, 2.05) is 18.2 Å². The number of pyridine rings is 2. The van der Waals surface area contributed by atoms with Crippen LogP contribution in [-0.4, -0.2) is 34.2 Å². The summed E-state index contributed by atoms with van der Waals surface area (Å²) in [6.07, 6.45) is 7.40. The molecule has 1 saturated carbocycles. The number of nitrogens with one attached hydrogen (secondary N) is 1. The molecule has 1 atom stereocenters. The third-order valence-corrected chi connectivity index (χ3v) is 4.63. The highest BCUT2D eigenvalue weighted by Crippen LogP contribution is 2.38. The second kappa shape index (κ2) is 8.07. The molecule has 25 heavy (non-hydrogen) atoms. The summed E-state index contributed by atoms with van der Waals surface area (Å²) in [6, 6.07) is 7.41. The smallest absolute Gasteiger partial charge is 0.220 e. The third kappa shape index (κ3) is 4.54. The summed E-state index contributed by atoms with van der Waals surface area (Å²) in [4.78, 5) is 20.7. The van der Waals surface area contributed by atoms with Crippen LogP contribution in [0.4, 0.5) is 0 Å². The maximum atomic E-state index is 12.4. The van der Waals surface area contributed by atoms with Crippen molar-refractivity contribution in [3.05, 3.63) is 54.0 Å². The minimum absolute atomic E-state index is 0.00828. The lowest BCUT2D eigenvalue weighted by Crippen LogP contribution is -2.41. The van der Waals surface area contributed by atoms with Gasteiger partial charge in [0.2, 0.25) is 11.8 Å². The maximum Gasteiger partial charge on any atom is 0.220 e. The van der Waals surface area contributed by atoms with E-state index in [1.54, 1.807) is 31.8 Å². The van der Waals surface area contributed by atoms with Gasteiger partial charge in [-0.1, -0.05) is 12.1 Å². The van der Waals surface area contributed by atoms with Gasteiger partial charge in [-0.3, -0.25) is 9.78 Å². The molecule has 0 saturated heterocycles. The fourth-order valence-corrected chi connectivity index (χ4v) is 3.12. The number of carbonyl (C=O) groups excluding carboxylic acids is 1. The Morgan fingerprint density at radius 3 is 2.80 bits per heavy atom. The molecule has 1 aliphatic carbocycles. The van der Waals surface area contributed by atoms with E-state index in [2.05, 4.69) is 15.3 Å². The number of aliphatic hydroxyl groups excluding tert-OH is 1. The van der Waals surface area contributed by atoms with Crippen molar-refractivity contribution in [2.24, 2.45) is 5.92 Å². The van der Waals surface area contributed by atoms with E-state index in [0.717, 1.165) is 11.1 Å². The first-order valence-electron chi connectivity index (χ1n) is 8.52. The van der Waals surface area contributed by atoms with Crippen molar-refractivity contribution in [3.8, 4) is 5.88 Å². The lowest BCUT2D eigenvalue weighted by atomic mass is 9.75. The number of hydrogen-bond acceptors (Lipinski definition) is 5. The number of aryl methyl sites for hydroxylation is 1. The molecule has 2 heterocycles. The van der Waals surface area contributed by atoms with Crippen LogP contribution < -0.4 is 10.1 Å². The number of rotatable bonds is 7. The van der Waals surface area contributed by atoms with E-state index >= 15 is 0 Å². The third-order valence-electron chi connectivity index (χ3n) is 4.63. The Bertz CT molecular complexity index is 685. The zero-order valence-corrected chi connectivity index (χ0v) is 14.3. The first-order valence-corrected chi connectivity index (χ1v) is 8.52. The summed E-state index contributed by atoms with van der Waals surface area (Å²) in [5.74, 6) is 0.762. The van der Waals surface area contributed by atoms with Gasteiger partial charge < -0.3 is 15.2 Å². The monoisotopic (exact) mass is 341 g/mol. The molecule has 6 heteroatoms. The van der Waals surface area contributed by atoms with Crippen LogP contribution in [0.25, 0.3) is 0 Å². The SMILES string of the molecule is COc1ccc([C@H](NC(=O)CCc2cccnc2)C2CC(O)C2)cn1. The van der Waals surface area contributed by atoms with E-state index in [-0.39, 0.29) is 24.0 Å². The Morgan fingerprint density at radius 2 is 2.20 bits per heavy atom. The van der Waals surface area contributed by atoms with Crippen LogP contribution in [0.1, 0.15) is 36.4 Å². The van der Waals surface area contributed by atoms with Crippen molar-refractivity contribution in [1.82, 2.24) is 15.3 Å². The van der Waals surface area contributed by atoms with Crippen molar-refractivity contribution in [2.45, 2.75) is 37.8 Å². The molecule has 2 N–H and O–H groups in total. The molecule has 0 aliphatic heterocycles. The molecule has 0 bridgehead atoms. The summed E-state index contributed by atoms with van der Waals surface area (Å²) in [5.41, 5.74) is 1.98. The van der Waals surface area contributed by atoms with Gasteiger partial charge in [0.25, 0.3) is 0 Å². The van der Waals surface area contributed by atoms with E-state index in [0.29, 0.717) is 31.6 Å². The van der Waals surface area contributed by atoms with Crippen LogP contribution in [0.15, 0.2) is 42.9 Å². The number of nitrogens with zero attached hydrogens (tertiary/aromatic N) is 2. The Hall–Kier alpha value is -2.47. The van der Waals surface area contributed by atoms with E-state index in [4.69, 9.17) is 4.74 Å². The zero-order valence-electron chi connectivity index (χ0n) is 14.3. The molecule has 2 aromatic heterocycles. The number of hydrogen-bond donors (Lipinski definition) is 2. The Kier molecular flexibility index (Phi) is 5.60. The van der Waals surface area contributed by atoms with Crippen LogP contribution in [0.5, 0.6) is 5.88 Å². The van der Waals surface area contributed by atoms with Crippen molar-refractivity contribution in [3.63, 3.8) is 0 Å². The van der Waals surface area contributed by atoms with Crippen LogP contribution >= 0.6 is 0 Å². The number of carbonyl (C=O) groups is 1. The average Bonchev–Trinajstić information content (AvgIpc) is 2.63. The molecule has 0 unspecified atom stereocenters. The van der Waals surface area contributed by atoms with Crippen molar-refractivity contribution < 1.29 is 14.6 Å². The van der Waals surface area contributed by atoms with Gasteiger partial charge in [-0.2, -0.15) is 0 Å². The van der Waals surface area contributed by atoms with Gasteiger partial charge in [0, 0.05) is 31.1 Å². The predicted octanol–water partition coefficient (Wildman–Crippen LogP) is 2.05. The van der Waals surface area contributed by atoms with Crippen molar-refractivity contribution in [1.29, 1.82) is 0 Å². The summed E-state index contributed by atoms with van der Waals surface area (Å²) in [6.45, 7) is 0. The highest BCUT2D eigenvalue weighted by Gasteiger charge is 2.35. The van der Waals surface area contributed by atoms with Crippen LogP contribution in [0.2, 0.25) is 0 Å². The van der Waals surface area contributed by atoms with Gasteiger partial charge in [-0.05, 0) is 42.4 Å². The van der Waals surface area contributed by atoms with Crippen LogP contribution in [0.3, 0.4) is 0 Å².